The molecule has 4 aliphatic rings. The van der Waals surface area contributed by atoms with Crippen molar-refractivity contribution >= 4 is 38.8 Å². The Morgan fingerprint density at radius 2 is 0.929 bits per heavy atom. The molecule has 0 bridgehead atoms. The summed E-state index contributed by atoms with van der Waals surface area (Å²) in [6.45, 7) is 0. The monoisotopic (exact) mass is 890 g/mol. The van der Waals surface area contributed by atoms with E-state index in [2.05, 4.69) is 252 Å². The summed E-state index contributed by atoms with van der Waals surface area (Å²) in [6, 6.07) is 88.5. The zero-order valence-electron chi connectivity index (χ0n) is 38.6. The van der Waals surface area contributed by atoms with E-state index in [9.17, 15) is 0 Å². The van der Waals surface area contributed by atoms with Crippen LogP contribution < -0.4 is 4.90 Å². The van der Waals surface area contributed by atoms with E-state index >= 15 is 0 Å². The van der Waals surface area contributed by atoms with Gasteiger partial charge in [-0.25, -0.2) is 0 Å². The Balaban J connectivity index is 0.816. The summed E-state index contributed by atoms with van der Waals surface area (Å²) in [5.41, 5.74) is 28.2. The zero-order chi connectivity index (χ0) is 45.9. The molecule has 1 heterocycles. The van der Waals surface area contributed by atoms with Crippen molar-refractivity contribution in [3.63, 3.8) is 0 Å². The molecule has 0 radical (unpaired) electrons. The van der Waals surface area contributed by atoms with Crippen molar-refractivity contribution in [3.05, 3.63) is 287 Å². The Kier molecular flexibility index (Phi) is 8.50. The van der Waals surface area contributed by atoms with E-state index in [1.54, 1.807) is 0 Å². The van der Waals surface area contributed by atoms with Crippen molar-refractivity contribution < 1.29 is 0 Å². The van der Waals surface area contributed by atoms with Gasteiger partial charge in [0.15, 0.2) is 0 Å². The van der Waals surface area contributed by atoms with E-state index in [1.165, 1.54) is 122 Å². The van der Waals surface area contributed by atoms with Crippen LogP contribution in [0.3, 0.4) is 0 Å². The second kappa shape index (κ2) is 15.1. The first-order valence-corrected chi connectivity index (χ1v) is 24.8. The molecule has 328 valence electrons. The maximum atomic E-state index is 2.51. The molecule has 0 aliphatic heterocycles. The highest BCUT2D eigenvalue weighted by Gasteiger charge is 2.51. The lowest BCUT2D eigenvalue weighted by Crippen LogP contribution is -2.25. The molecule has 15 rings (SSSR count). The number of allylic oxidation sites excluding steroid dienone is 3. The molecule has 10 aromatic carbocycles. The molecule has 0 amide bonds. The van der Waals surface area contributed by atoms with Crippen LogP contribution >= 0.6 is 0 Å². The van der Waals surface area contributed by atoms with Crippen molar-refractivity contribution in [1.82, 2.24) is 4.57 Å². The third kappa shape index (κ3) is 5.56. The van der Waals surface area contributed by atoms with E-state index in [0.717, 1.165) is 30.6 Å². The Hall–Kier alpha value is -8.72. The van der Waals surface area contributed by atoms with Gasteiger partial charge in [0.05, 0.1) is 16.4 Å². The second-order valence-corrected chi connectivity index (χ2v) is 19.4. The van der Waals surface area contributed by atoms with Gasteiger partial charge in [-0.1, -0.05) is 182 Å². The Morgan fingerprint density at radius 3 is 1.66 bits per heavy atom. The van der Waals surface area contributed by atoms with Crippen LogP contribution in [0.1, 0.15) is 46.2 Å². The van der Waals surface area contributed by atoms with Gasteiger partial charge in [0.1, 0.15) is 0 Å². The minimum Gasteiger partial charge on any atom is -0.310 e. The summed E-state index contributed by atoms with van der Waals surface area (Å²) >= 11 is 0. The number of hydrogen-bond donors (Lipinski definition) is 0. The standard InChI is InChI=1S/C68H46N2/c1-3-17-50(18-4-1)69(52-36-32-44(33-37-52)47-34-38-56-55-23-9-13-27-62(55)68(63(56)43-47)60-25-11-7-21-53(60)54-22-8-12-26-61(54)68)66-29-15-16-49-40-48-31-30-45(41-58(48)67(49)66)46-35-39-65-59(42-46)57-24-10-14-28-64(57)70(65)51-19-5-2-6-20-51/h1-14,17-39,41-43H,15-16,40H2. The topological polar surface area (TPSA) is 8.17 Å². The second-order valence-electron chi connectivity index (χ2n) is 19.4. The van der Waals surface area contributed by atoms with Crippen LogP contribution in [0.5, 0.6) is 0 Å². The molecule has 0 atom stereocenters. The fourth-order valence-electron chi connectivity index (χ4n) is 13.0. The van der Waals surface area contributed by atoms with Gasteiger partial charge >= 0.3 is 0 Å². The Bertz CT molecular complexity index is 3950. The molecule has 2 nitrogen and oxygen atoms in total. The maximum absolute atomic E-state index is 2.51. The van der Waals surface area contributed by atoms with Crippen LogP contribution in [0.25, 0.3) is 77.6 Å². The molecule has 4 aliphatic carbocycles. The highest BCUT2D eigenvalue weighted by Crippen LogP contribution is 2.63. The first kappa shape index (κ1) is 39.3. The number of para-hydroxylation sites is 3. The first-order valence-electron chi connectivity index (χ1n) is 24.8. The smallest absolute Gasteiger partial charge is 0.0725 e. The Morgan fingerprint density at radius 1 is 0.386 bits per heavy atom. The average Bonchev–Trinajstić information content (AvgIpc) is 4.15. The van der Waals surface area contributed by atoms with Gasteiger partial charge in [-0.2, -0.15) is 0 Å². The van der Waals surface area contributed by atoms with E-state index in [-0.39, 0.29) is 5.41 Å². The molecule has 2 heteroatoms. The molecule has 1 aromatic heterocycles. The fraction of sp³-hybridized carbons (Fsp3) is 0.0588. The van der Waals surface area contributed by atoms with Crippen LogP contribution in [0.15, 0.2) is 254 Å². The number of hydrogen-bond acceptors (Lipinski definition) is 1. The molecular weight excluding hydrogens is 845 g/mol. The van der Waals surface area contributed by atoms with Crippen LogP contribution in [0, 0.1) is 0 Å². The molecule has 11 aromatic rings. The van der Waals surface area contributed by atoms with Crippen LogP contribution in [0.4, 0.5) is 11.4 Å². The summed E-state index contributed by atoms with van der Waals surface area (Å²) in [5.74, 6) is 0. The number of benzene rings is 10. The van der Waals surface area contributed by atoms with Gasteiger partial charge in [0.25, 0.3) is 0 Å². The van der Waals surface area contributed by atoms with E-state index < -0.39 is 0 Å². The van der Waals surface area contributed by atoms with E-state index in [1.807, 2.05) is 0 Å². The summed E-state index contributed by atoms with van der Waals surface area (Å²) < 4.78 is 2.40. The number of anilines is 2. The van der Waals surface area contributed by atoms with Gasteiger partial charge in [-0.3, -0.25) is 0 Å². The highest BCUT2D eigenvalue weighted by atomic mass is 15.2. The SMILES string of the molecule is C1=C(N(c2ccccc2)c2ccc(-c3ccc4c(c3)C3(c5ccccc5-c5ccccc53)c3ccccc3-4)cc2)C2=C(CC1)Cc1ccc(-c3ccc4c(c3)c3ccccc3n4-c3ccccc3)cc12. The first-order chi connectivity index (χ1) is 34.7. The predicted octanol–water partition coefficient (Wildman–Crippen LogP) is 17.3. The molecular formula is C68H46N2. The lowest BCUT2D eigenvalue weighted by atomic mass is 9.70. The third-order valence-corrected chi connectivity index (χ3v) is 15.9. The van der Waals surface area contributed by atoms with Crippen molar-refractivity contribution in [2.45, 2.75) is 24.7 Å². The van der Waals surface area contributed by atoms with Crippen molar-refractivity contribution in [2.75, 3.05) is 4.90 Å². The number of rotatable bonds is 6. The third-order valence-electron chi connectivity index (χ3n) is 15.9. The fourth-order valence-corrected chi connectivity index (χ4v) is 13.0. The van der Waals surface area contributed by atoms with Gasteiger partial charge < -0.3 is 9.47 Å². The molecule has 0 N–H and O–H groups in total. The molecule has 0 saturated heterocycles. The lowest BCUT2D eigenvalue weighted by Gasteiger charge is -2.32. The van der Waals surface area contributed by atoms with E-state index in [4.69, 9.17) is 0 Å². The van der Waals surface area contributed by atoms with Crippen molar-refractivity contribution in [2.24, 2.45) is 0 Å². The molecule has 0 saturated carbocycles. The molecule has 0 unspecified atom stereocenters. The van der Waals surface area contributed by atoms with Crippen molar-refractivity contribution in [3.8, 4) is 50.2 Å². The minimum atomic E-state index is -0.370. The molecule has 0 fully saturated rings. The van der Waals surface area contributed by atoms with Crippen LogP contribution in [-0.2, 0) is 11.8 Å². The average molecular weight is 891 g/mol. The highest BCUT2D eigenvalue weighted by molar-refractivity contribution is 6.10. The lowest BCUT2D eigenvalue weighted by molar-refractivity contribution is 0.794. The van der Waals surface area contributed by atoms with Gasteiger partial charge in [0, 0.05) is 39.1 Å². The van der Waals surface area contributed by atoms with Gasteiger partial charge in [-0.15, -0.1) is 0 Å². The summed E-state index contributed by atoms with van der Waals surface area (Å²) in [5, 5.41) is 2.54. The summed E-state index contributed by atoms with van der Waals surface area (Å²) in [6.07, 6.45) is 5.57. The zero-order valence-corrected chi connectivity index (χ0v) is 38.6. The summed E-state index contributed by atoms with van der Waals surface area (Å²) in [4.78, 5) is 2.51. The summed E-state index contributed by atoms with van der Waals surface area (Å²) in [7, 11) is 0. The maximum Gasteiger partial charge on any atom is 0.0725 e. The van der Waals surface area contributed by atoms with Gasteiger partial charge in [0.2, 0.25) is 0 Å². The van der Waals surface area contributed by atoms with Crippen molar-refractivity contribution in [1.29, 1.82) is 0 Å². The quantitative estimate of drug-likeness (QED) is 0.161. The van der Waals surface area contributed by atoms with Crippen LogP contribution in [-0.4, -0.2) is 4.57 Å². The predicted molar refractivity (Wildman–Crippen MR) is 291 cm³/mol. The van der Waals surface area contributed by atoms with E-state index in [0.29, 0.717) is 0 Å². The van der Waals surface area contributed by atoms with Gasteiger partial charge in [-0.05, 0) is 164 Å². The number of aromatic nitrogens is 1. The molecule has 1 spiro atoms. The van der Waals surface area contributed by atoms with Crippen LogP contribution in [0.2, 0.25) is 0 Å². The Labute approximate surface area is 408 Å². The number of fused-ring (bicyclic) bond motifs is 15. The number of nitrogens with zero attached hydrogens (tertiary/aromatic N) is 2. The molecule has 70 heavy (non-hydrogen) atoms. The normalized spacial score (nSPS) is 14.5. The largest absolute Gasteiger partial charge is 0.310 e. The minimum absolute atomic E-state index is 0.370.